The highest BCUT2D eigenvalue weighted by molar-refractivity contribution is 5.89. The first-order chi connectivity index (χ1) is 7.79. The average Bonchev–Trinajstić information content (AvgIpc) is 2.78. The van der Waals surface area contributed by atoms with Crippen molar-refractivity contribution in [1.82, 2.24) is 10.6 Å². The summed E-state index contributed by atoms with van der Waals surface area (Å²) < 4.78 is 5.13. The van der Waals surface area contributed by atoms with Crippen LogP contribution in [-0.4, -0.2) is 37.4 Å². The predicted octanol–water partition coefficient (Wildman–Crippen LogP) is 0.594. The molecule has 0 aromatic heterocycles. The van der Waals surface area contributed by atoms with Gasteiger partial charge < -0.3 is 9.57 Å². The molecular formula is C11H14N2O3. The number of hydroxylamine groups is 1. The fraction of sp³-hybridized carbons (Fsp3) is 0.364. The normalized spacial score (nSPS) is 20.9. The second kappa shape index (κ2) is 5.07. The van der Waals surface area contributed by atoms with Crippen LogP contribution < -0.4 is 5.43 Å². The van der Waals surface area contributed by atoms with Crippen LogP contribution in [0.4, 0.5) is 0 Å². The fourth-order valence-corrected chi connectivity index (χ4v) is 1.47. The van der Waals surface area contributed by atoms with Gasteiger partial charge in [-0.1, -0.05) is 23.4 Å². The fourth-order valence-electron chi connectivity index (χ4n) is 1.47. The smallest absolute Gasteiger partial charge is 0.358 e. The predicted molar refractivity (Wildman–Crippen MR) is 57.4 cm³/mol. The lowest BCUT2D eigenvalue weighted by Gasteiger charge is -2.14. The van der Waals surface area contributed by atoms with E-state index < -0.39 is 0 Å². The molecule has 1 heterocycles. The highest BCUT2D eigenvalue weighted by Crippen LogP contribution is 2.06. The Labute approximate surface area is 93.9 Å². The van der Waals surface area contributed by atoms with E-state index in [-0.39, 0.29) is 12.1 Å². The summed E-state index contributed by atoms with van der Waals surface area (Å²) in [7, 11) is 1.63. The number of carbonyl (C=O) groups excluding carboxylic acids is 1. The molecule has 0 saturated carbocycles. The van der Waals surface area contributed by atoms with Crippen molar-refractivity contribution < 1.29 is 14.4 Å². The molecule has 1 aromatic rings. The van der Waals surface area contributed by atoms with Crippen LogP contribution >= 0.6 is 0 Å². The maximum absolute atomic E-state index is 11.7. The van der Waals surface area contributed by atoms with Crippen LogP contribution in [0.2, 0.25) is 0 Å². The van der Waals surface area contributed by atoms with E-state index in [9.17, 15) is 4.79 Å². The Morgan fingerprint density at radius 3 is 2.81 bits per heavy atom. The van der Waals surface area contributed by atoms with E-state index in [0.717, 1.165) is 0 Å². The second-order valence-corrected chi connectivity index (χ2v) is 3.53. The molecule has 1 atom stereocenters. The third kappa shape index (κ3) is 2.57. The minimum absolute atomic E-state index is 0.0589. The van der Waals surface area contributed by atoms with E-state index in [4.69, 9.17) is 9.57 Å². The first-order valence-electron chi connectivity index (χ1n) is 5.11. The number of ether oxygens (including phenoxy) is 1. The molecule has 1 aliphatic heterocycles. The third-order valence-electron chi connectivity index (χ3n) is 2.40. The first kappa shape index (κ1) is 11.1. The number of carbonyl (C=O) groups is 1. The number of rotatable bonds is 3. The molecule has 5 nitrogen and oxygen atoms in total. The Morgan fingerprint density at radius 2 is 2.19 bits per heavy atom. The van der Waals surface area contributed by atoms with Gasteiger partial charge in [0.2, 0.25) is 0 Å². The number of methoxy groups -OCH3 is 1. The molecule has 1 fully saturated rings. The van der Waals surface area contributed by atoms with Gasteiger partial charge in [0.1, 0.15) is 0 Å². The van der Waals surface area contributed by atoms with E-state index in [0.29, 0.717) is 18.7 Å². The van der Waals surface area contributed by atoms with Crippen molar-refractivity contribution in [2.75, 3.05) is 20.2 Å². The molecule has 0 amide bonds. The van der Waals surface area contributed by atoms with Gasteiger partial charge in [0, 0.05) is 13.7 Å². The molecule has 1 unspecified atom stereocenters. The lowest BCUT2D eigenvalue weighted by molar-refractivity contribution is -0.130. The largest absolute Gasteiger partial charge is 0.379 e. The summed E-state index contributed by atoms with van der Waals surface area (Å²) >= 11 is 0. The third-order valence-corrected chi connectivity index (χ3v) is 2.40. The topological polar surface area (TPSA) is 50.8 Å². The zero-order valence-electron chi connectivity index (χ0n) is 9.05. The summed E-state index contributed by atoms with van der Waals surface area (Å²) in [5.41, 5.74) is 3.46. The second-order valence-electron chi connectivity index (χ2n) is 3.53. The number of hydrogen-bond donors (Lipinski definition) is 1. The van der Waals surface area contributed by atoms with Gasteiger partial charge in [0.05, 0.1) is 18.2 Å². The van der Waals surface area contributed by atoms with Crippen molar-refractivity contribution >= 4 is 5.97 Å². The van der Waals surface area contributed by atoms with Gasteiger partial charge in [-0.15, -0.1) is 0 Å². The van der Waals surface area contributed by atoms with E-state index in [1.807, 2.05) is 6.07 Å². The lowest BCUT2D eigenvalue weighted by Crippen LogP contribution is -2.33. The molecule has 86 valence electrons. The Morgan fingerprint density at radius 1 is 1.44 bits per heavy atom. The molecule has 1 aliphatic rings. The van der Waals surface area contributed by atoms with Gasteiger partial charge in [-0.2, -0.15) is 0 Å². The molecule has 1 saturated heterocycles. The van der Waals surface area contributed by atoms with Gasteiger partial charge in [-0.25, -0.2) is 10.2 Å². The van der Waals surface area contributed by atoms with Crippen molar-refractivity contribution in [3.05, 3.63) is 35.9 Å². The van der Waals surface area contributed by atoms with E-state index >= 15 is 0 Å². The van der Waals surface area contributed by atoms with Crippen molar-refractivity contribution in [2.24, 2.45) is 0 Å². The van der Waals surface area contributed by atoms with E-state index in [2.05, 4.69) is 5.43 Å². The first-order valence-corrected chi connectivity index (χ1v) is 5.11. The maximum Gasteiger partial charge on any atom is 0.358 e. The van der Waals surface area contributed by atoms with E-state index in [1.165, 1.54) is 5.17 Å². The molecule has 1 N–H and O–H groups in total. The Balaban J connectivity index is 1.89. The van der Waals surface area contributed by atoms with Crippen molar-refractivity contribution in [2.45, 2.75) is 6.10 Å². The van der Waals surface area contributed by atoms with Crippen LogP contribution in [0.3, 0.4) is 0 Å². The Bertz CT molecular complexity index is 356. The summed E-state index contributed by atoms with van der Waals surface area (Å²) in [6.07, 6.45) is 0.0589. The van der Waals surface area contributed by atoms with Gasteiger partial charge in [0.15, 0.2) is 0 Å². The van der Waals surface area contributed by atoms with Crippen LogP contribution in [0.25, 0.3) is 0 Å². The van der Waals surface area contributed by atoms with Crippen LogP contribution in [0, 0.1) is 0 Å². The van der Waals surface area contributed by atoms with Crippen molar-refractivity contribution in [3.8, 4) is 0 Å². The number of hydrogen-bond acceptors (Lipinski definition) is 5. The van der Waals surface area contributed by atoms with Crippen molar-refractivity contribution in [1.29, 1.82) is 0 Å². The highest BCUT2D eigenvalue weighted by Gasteiger charge is 2.25. The number of benzene rings is 1. The van der Waals surface area contributed by atoms with Gasteiger partial charge in [-0.05, 0) is 12.1 Å². The van der Waals surface area contributed by atoms with Crippen molar-refractivity contribution in [3.63, 3.8) is 0 Å². The standard InChI is InChI=1S/C11H14N2O3/c1-15-10-7-12-13(8-10)16-11(14)9-5-3-2-4-6-9/h2-6,10,12H,7-8H2,1H3. The highest BCUT2D eigenvalue weighted by atomic mass is 16.7. The number of hydrazine groups is 1. The van der Waals surface area contributed by atoms with Crippen LogP contribution in [0.15, 0.2) is 30.3 Å². The average molecular weight is 222 g/mol. The minimum Gasteiger partial charge on any atom is -0.379 e. The molecule has 0 aliphatic carbocycles. The Hall–Kier alpha value is -1.43. The Kier molecular flexibility index (Phi) is 3.51. The molecule has 2 rings (SSSR count). The zero-order chi connectivity index (χ0) is 11.4. The van der Waals surface area contributed by atoms with Crippen LogP contribution in [0.1, 0.15) is 10.4 Å². The molecule has 5 heteroatoms. The zero-order valence-corrected chi connectivity index (χ0v) is 9.05. The minimum atomic E-state index is -0.371. The van der Waals surface area contributed by atoms with Gasteiger partial charge in [-0.3, -0.25) is 0 Å². The lowest BCUT2D eigenvalue weighted by atomic mass is 10.2. The molecular weight excluding hydrogens is 208 g/mol. The quantitative estimate of drug-likeness (QED) is 0.811. The monoisotopic (exact) mass is 222 g/mol. The number of nitrogens with zero attached hydrogens (tertiary/aromatic N) is 1. The summed E-state index contributed by atoms with van der Waals surface area (Å²) in [6.45, 7) is 1.19. The summed E-state index contributed by atoms with van der Waals surface area (Å²) in [5.74, 6) is -0.371. The summed E-state index contributed by atoms with van der Waals surface area (Å²) in [5, 5.41) is 1.41. The molecule has 0 radical (unpaired) electrons. The molecule has 0 bridgehead atoms. The van der Waals surface area contributed by atoms with E-state index in [1.54, 1.807) is 31.4 Å². The van der Waals surface area contributed by atoms with Gasteiger partial charge in [0.25, 0.3) is 0 Å². The SMILES string of the molecule is COC1CNN(OC(=O)c2ccccc2)C1. The summed E-state index contributed by atoms with van der Waals surface area (Å²) in [6, 6.07) is 8.88. The number of nitrogens with one attached hydrogen (secondary N) is 1. The molecule has 0 spiro atoms. The summed E-state index contributed by atoms with van der Waals surface area (Å²) in [4.78, 5) is 16.8. The molecule has 1 aromatic carbocycles. The maximum atomic E-state index is 11.7. The molecule has 16 heavy (non-hydrogen) atoms. The van der Waals surface area contributed by atoms with Gasteiger partial charge >= 0.3 is 5.97 Å². The van der Waals surface area contributed by atoms with Crippen LogP contribution in [-0.2, 0) is 9.57 Å². The van der Waals surface area contributed by atoms with Crippen LogP contribution in [0.5, 0.6) is 0 Å².